The molecule has 2 aromatic rings. The number of esters is 1. The van der Waals surface area contributed by atoms with Gasteiger partial charge >= 0.3 is 11.9 Å². The summed E-state index contributed by atoms with van der Waals surface area (Å²) in [5.74, 6) is -1.57. The van der Waals surface area contributed by atoms with Gasteiger partial charge in [0.2, 0.25) is 5.88 Å². The van der Waals surface area contributed by atoms with Crippen molar-refractivity contribution in [3.63, 3.8) is 0 Å². The van der Waals surface area contributed by atoms with E-state index in [9.17, 15) is 9.59 Å². The molecule has 0 atom stereocenters. The second kappa shape index (κ2) is 5.09. The third-order valence-electron chi connectivity index (χ3n) is 2.18. The molecule has 0 bridgehead atoms. The first-order chi connectivity index (χ1) is 8.66. The first-order valence-corrected chi connectivity index (χ1v) is 5.13. The van der Waals surface area contributed by atoms with Crippen LogP contribution in [0.1, 0.15) is 20.7 Å². The minimum Gasteiger partial charge on any atom is -0.478 e. The lowest BCUT2D eigenvalue weighted by molar-refractivity contribution is 0.0697. The molecule has 0 saturated heterocycles. The van der Waals surface area contributed by atoms with Crippen LogP contribution in [0.4, 0.5) is 0 Å². The molecule has 0 unspecified atom stereocenters. The van der Waals surface area contributed by atoms with Crippen molar-refractivity contribution in [3.8, 4) is 5.88 Å². The number of benzene rings is 1. The van der Waals surface area contributed by atoms with Crippen LogP contribution in [0.15, 0.2) is 48.7 Å². The Balaban J connectivity index is 2.19. The highest BCUT2D eigenvalue weighted by molar-refractivity contribution is 5.95. The van der Waals surface area contributed by atoms with Crippen LogP contribution in [0.25, 0.3) is 0 Å². The smallest absolute Gasteiger partial charge is 0.344 e. The third-order valence-corrected chi connectivity index (χ3v) is 2.18. The number of ether oxygens (including phenoxy) is 1. The predicted octanol–water partition coefficient (Wildman–Crippen LogP) is 2.00. The van der Waals surface area contributed by atoms with E-state index in [-0.39, 0.29) is 17.0 Å². The summed E-state index contributed by atoms with van der Waals surface area (Å²) in [7, 11) is 0. The number of hydrogen-bond donors (Lipinski definition) is 1. The average molecular weight is 243 g/mol. The fourth-order valence-corrected chi connectivity index (χ4v) is 1.34. The molecule has 0 aliphatic heterocycles. The van der Waals surface area contributed by atoms with E-state index in [1.54, 1.807) is 18.2 Å². The zero-order valence-corrected chi connectivity index (χ0v) is 9.24. The zero-order valence-electron chi connectivity index (χ0n) is 9.24. The van der Waals surface area contributed by atoms with Crippen molar-refractivity contribution in [3.05, 3.63) is 59.8 Å². The molecule has 0 spiro atoms. The number of hydrogen-bond acceptors (Lipinski definition) is 4. The molecule has 2 rings (SSSR count). The third kappa shape index (κ3) is 2.70. The fraction of sp³-hybridized carbons (Fsp3) is 0. The lowest BCUT2D eigenvalue weighted by Crippen LogP contribution is -2.10. The lowest BCUT2D eigenvalue weighted by Gasteiger charge is -2.03. The summed E-state index contributed by atoms with van der Waals surface area (Å²) in [5, 5.41) is 8.82. The highest BCUT2D eigenvalue weighted by Crippen LogP contribution is 2.10. The minimum atomic E-state index is -1.09. The van der Waals surface area contributed by atoms with Crippen LogP contribution in [0.3, 0.4) is 0 Å². The van der Waals surface area contributed by atoms with Gasteiger partial charge in [-0.25, -0.2) is 14.6 Å². The van der Waals surface area contributed by atoms with E-state index in [1.807, 2.05) is 0 Å². The molecule has 0 amide bonds. The molecule has 5 heteroatoms. The van der Waals surface area contributed by atoms with Gasteiger partial charge in [-0.3, -0.25) is 0 Å². The number of aromatic carboxylic acids is 1. The van der Waals surface area contributed by atoms with Crippen molar-refractivity contribution in [1.82, 2.24) is 4.98 Å². The summed E-state index contributed by atoms with van der Waals surface area (Å²) in [6.45, 7) is 0. The second-order valence-corrected chi connectivity index (χ2v) is 3.44. The van der Waals surface area contributed by atoms with E-state index in [1.165, 1.54) is 30.5 Å². The maximum absolute atomic E-state index is 11.7. The highest BCUT2D eigenvalue weighted by atomic mass is 16.5. The molecule has 1 heterocycles. The van der Waals surface area contributed by atoms with E-state index >= 15 is 0 Å². The normalized spacial score (nSPS) is 9.78. The Bertz CT molecular complexity index is 581. The van der Waals surface area contributed by atoms with Gasteiger partial charge in [0.15, 0.2) is 0 Å². The maximum atomic E-state index is 11.7. The number of aromatic nitrogens is 1. The number of nitrogens with zero attached hydrogens (tertiary/aromatic N) is 1. The molecule has 1 N–H and O–H groups in total. The van der Waals surface area contributed by atoms with Crippen molar-refractivity contribution in [2.45, 2.75) is 0 Å². The van der Waals surface area contributed by atoms with E-state index in [2.05, 4.69) is 4.98 Å². The Labute approximate surface area is 103 Å². The second-order valence-electron chi connectivity index (χ2n) is 3.44. The Hall–Kier alpha value is -2.69. The highest BCUT2D eigenvalue weighted by Gasteiger charge is 2.11. The van der Waals surface area contributed by atoms with Crippen molar-refractivity contribution in [2.75, 3.05) is 0 Å². The number of carbonyl (C=O) groups is 2. The van der Waals surface area contributed by atoms with Crippen LogP contribution in [0.2, 0.25) is 0 Å². The van der Waals surface area contributed by atoms with Crippen LogP contribution in [-0.4, -0.2) is 22.0 Å². The molecule has 0 saturated carbocycles. The van der Waals surface area contributed by atoms with E-state index < -0.39 is 11.9 Å². The molecule has 0 aliphatic rings. The summed E-state index contributed by atoms with van der Waals surface area (Å²) >= 11 is 0. The van der Waals surface area contributed by atoms with Crippen LogP contribution in [0, 0.1) is 0 Å². The van der Waals surface area contributed by atoms with Gasteiger partial charge in [0, 0.05) is 12.3 Å². The molecule has 1 aromatic heterocycles. The summed E-state index contributed by atoms with van der Waals surface area (Å²) < 4.78 is 4.99. The van der Waals surface area contributed by atoms with Crippen LogP contribution < -0.4 is 4.74 Å². The van der Waals surface area contributed by atoms with Gasteiger partial charge in [-0.2, -0.15) is 0 Å². The van der Waals surface area contributed by atoms with Gasteiger partial charge in [-0.15, -0.1) is 0 Å². The number of carboxylic acid groups (broad SMARTS) is 1. The van der Waals surface area contributed by atoms with Crippen molar-refractivity contribution < 1.29 is 19.4 Å². The Morgan fingerprint density at radius 3 is 2.50 bits per heavy atom. The number of carboxylic acids is 1. The van der Waals surface area contributed by atoms with Crippen molar-refractivity contribution in [1.29, 1.82) is 0 Å². The van der Waals surface area contributed by atoms with Gasteiger partial charge in [-0.1, -0.05) is 12.1 Å². The average Bonchev–Trinajstić information content (AvgIpc) is 2.40. The van der Waals surface area contributed by atoms with Gasteiger partial charge in [0.1, 0.15) is 0 Å². The lowest BCUT2D eigenvalue weighted by atomic mass is 10.1. The van der Waals surface area contributed by atoms with Gasteiger partial charge < -0.3 is 9.84 Å². The Kier molecular flexibility index (Phi) is 3.33. The Morgan fingerprint density at radius 1 is 1.06 bits per heavy atom. The van der Waals surface area contributed by atoms with Gasteiger partial charge in [-0.05, 0) is 24.3 Å². The summed E-state index contributed by atoms with van der Waals surface area (Å²) in [6.07, 6.45) is 1.50. The number of carbonyl (C=O) groups excluding carboxylic acids is 1. The van der Waals surface area contributed by atoms with E-state index in [4.69, 9.17) is 9.84 Å². The molecular formula is C13H9NO4. The summed E-state index contributed by atoms with van der Waals surface area (Å²) in [4.78, 5) is 26.3. The molecule has 90 valence electrons. The van der Waals surface area contributed by atoms with Crippen LogP contribution in [-0.2, 0) is 0 Å². The molecule has 5 nitrogen and oxygen atoms in total. The largest absolute Gasteiger partial charge is 0.478 e. The van der Waals surface area contributed by atoms with Crippen molar-refractivity contribution >= 4 is 11.9 Å². The molecule has 0 aliphatic carbocycles. The maximum Gasteiger partial charge on any atom is 0.344 e. The SMILES string of the molecule is O=C(O)c1cccc(C(=O)Oc2ccccn2)c1. The minimum absolute atomic E-state index is 0.0328. The monoisotopic (exact) mass is 243 g/mol. The predicted molar refractivity (Wildman–Crippen MR) is 62.6 cm³/mol. The van der Waals surface area contributed by atoms with Crippen molar-refractivity contribution in [2.24, 2.45) is 0 Å². The first kappa shape index (κ1) is 11.8. The Morgan fingerprint density at radius 2 is 1.83 bits per heavy atom. The summed E-state index contributed by atoms with van der Waals surface area (Å²) in [5.41, 5.74) is 0.200. The molecular weight excluding hydrogens is 234 g/mol. The standard InChI is InChI=1S/C13H9NO4/c15-12(16)9-4-3-5-10(8-9)13(17)18-11-6-1-2-7-14-11/h1-8H,(H,15,16). The molecule has 0 fully saturated rings. The quantitative estimate of drug-likeness (QED) is 0.834. The van der Waals surface area contributed by atoms with Crippen LogP contribution in [0.5, 0.6) is 5.88 Å². The molecule has 18 heavy (non-hydrogen) atoms. The number of rotatable bonds is 3. The summed E-state index contributed by atoms with van der Waals surface area (Å²) in [6, 6.07) is 10.5. The topological polar surface area (TPSA) is 76.5 Å². The molecule has 0 radical (unpaired) electrons. The fourth-order valence-electron chi connectivity index (χ4n) is 1.34. The first-order valence-electron chi connectivity index (χ1n) is 5.13. The van der Waals surface area contributed by atoms with Crippen LogP contribution >= 0.6 is 0 Å². The zero-order chi connectivity index (χ0) is 13.0. The van der Waals surface area contributed by atoms with E-state index in [0.29, 0.717) is 0 Å². The van der Waals surface area contributed by atoms with Gasteiger partial charge in [0.25, 0.3) is 0 Å². The van der Waals surface area contributed by atoms with Gasteiger partial charge in [0.05, 0.1) is 11.1 Å². The molecule has 1 aromatic carbocycles. The van der Waals surface area contributed by atoms with E-state index in [0.717, 1.165) is 0 Å². The number of pyridine rings is 1.